The molecular weight excluding hydrogens is 394 g/mol. The van der Waals surface area contributed by atoms with Crippen LogP contribution in [0.3, 0.4) is 0 Å². The normalized spacial score (nSPS) is 10.3. The van der Waals surface area contributed by atoms with Crippen LogP contribution in [0.15, 0.2) is 36.4 Å². The minimum atomic E-state index is -0.640. The van der Waals surface area contributed by atoms with Crippen molar-refractivity contribution in [2.45, 2.75) is 13.8 Å². The average Bonchev–Trinajstić information content (AvgIpc) is 2.70. The van der Waals surface area contributed by atoms with Gasteiger partial charge in [-0.3, -0.25) is 9.59 Å². The Balaban J connectivity index is 2.04. The number of rotatable bonds is 10. The van der Waals surface area contributed by atoms with Gasteiger partial charge in [-0.1, -0.05) is 29.8 Å². The van der Waals surface area contributed by atoms with Gasteiger partial charge in [0.2, 0.25) is 0 Å². The molecule has 3 N–H and O–H groups in total. The fourth-order valence-corrected chi connectivity index (χ4v) is 3.17. The van der Waals surface area contributed by atoms with Crippen LogP contribution < -0.4 is 25.4 Å². The maximum absolute atomic E-state index is 12.6. The molecule has 0 saturated heterocycles. The zero-order valence-corrected chi connectivity index (χ0v) is 17.6. The molecule has 0 aliphatic heterocycles. The van der Waals surface area contributed by atoms with Crippen LogP contribution in [0.4, 0.5) is 5.69 Å². The maximum Gasteiger partial charge on any atom is 0.255 e. The molecule has 0 aliphatic rings. The van der Waals surface area contributed by atoms with E-state index in [4.69, 9.17) is 26.8 Å². The molecule has 0 saturated carbocycles. The number of carbonyl (C=O) groups is 2. The fourth-order valence-electron chi connectivity index (χ4n) is 2.91. The first-order valence-corrected chi connectivity index (χ1v) is 9.62. The van der Waals surface area contributed by atoms with Crippen molar-refractivity contribution in [2.75, 3.05) is 38.3 Å². The summed E-state index contributed by atoms with van der Waals surface area (Å²) in [5.41, 5.74) is 7.74. The van der Waals surface area contributed by atoms with Crippen molar-refractivity contribution in [1.29, 1.82) is 0 Å². The van der Waals surface area contributed by atoms with E-state index in [2.05, 4.69) is 36.2 Å². The summed E-state index contributed by atoms with van der Waals surface area (Å²) < 4.78 is 10.5. The largest absolute Gasteiger partial charge is 0.493 e. The highest BCUT2D eigenvalue weighted by molar-refractivity contribution is 6.32. The highest BCUT2D eigenvalue weighted by Gasteiger charge is 2.17. The molecule has 0 fully saturated rings. The van der Waals surface area contributed by atoms with E-state index < -0.39 is 5.91 Å². The summed E-state index contributed by atoms with van der Waals surface area (Å²) in [5, 5.41) is 3.05. The van der Waals surface area contributed by atoms with Crippen LogP contribution in [-0.2, 0) is 4.79 Å². The number of carbonyl (C=O) groups excluding carboxylic acids is 2. The van der Waals surface area contributed by atoms with Crippen molar-refractivity contribution in [3.8, 4) is 11.5 Å². The van der Waals surface area contributed by atoms with Crippen molar-refractivity contribution in [2.24, 2.45) is 5.73 Å². The lowest BCUT2D eigenvalue weighted by Crippen LogP contribution is -2.35. The monoisotopic (exact) mass is 419 g/mol. The zero-order valence-electron chi connectivity index (χ0n) is 16.8. The van der Waals surface area contributed by atoms with Crippen LogP contribution in [0.1, 0.15) is 22.8 Å². The Labute approximate surface area is 175 Å². The molecule has 7 nitrogen and oxygen atoms in total. The van der Waals surface area contributed by atoms with E-state index in [9.17, 15) is 9.59 Å². The second-order valence-electron chi connectivity index (χ2n) is 6.37. The molecule has 156 valence electrons. The summed E-state index contributed by atoms with van der Waals surface area (Å²) in [7, 11) is 1.42. The molecule has 0 bridgehead atoms. The van der Waals surface area contributed by atoms with E-state index in [1.807, 2.05) is 12.1 Å². The smallest absolute Gasteiger partial charge is 0.255 e. The molecule has 2 aromatic carbocycles. The van der Waals surface area contributed by atoms with Gasteiger partial charge in [-0.25, -0.2) is 0 Å². The van der Waals surface area contributed by atoms with Gasteiger partial charge < -0.3 is 25.4 Å². The maximum atomic E-state index is 12.6. The topological polar surface area (TPSA) is 93.9 Å². The van der Waals surface area contributed by atoms with Crippen LogP contribution in [0.2, 0.25) is 5.02 Å². The first-order valence-electron chi connectivity index (χ1n) is 9.24. The number of hydrogen-bond donors (Lipinski definition) is 2. The number of hydrogen-bond acceptors (Lipinski definition) is 5. The second-order valence-corrected chi connectivity index (χ2v) is 6.77. The number of para-hydroxylation sites is 1. The Morgan fingerprint density at radius 1 is 1.24 bits per heavy atom. The van der Waals surface area contributed by atoms with E-state index in [0.717, 1.165) is 12.2 Å². The number of nitrogens with one attached hydrogen (secondary N) is 1. The van der Waals surface area contributed by atoms with Crippen LogP contribution in [0.5, 0.6) is 11.5 Å². The summed E-state index contributed by atoms with van der Waals surface area (Å²) >= 11 is 6.20. The summed E-state index contributed by atoms with van der Waals surface area (Å²) in [6.45, 7) is 5.74. The quantitative estimate of drug-likeness (QED) is 0.617. The minimum absolute atomic E-state index is 0.158. The fraction of sp³-hybridized carbons (Fsp3) is 0.333. The first-order chi connectivity index (χ1) is 13.9. The molecule has 0 aromatic heterocycles. The van der Waals surface area contributed by atoms with Crippen molar-refractivity contribution < 1.29 is 19.1 Å². The number of anilines is 1. The SMILES string of the molecule is CCN(CCNC(=O)c1cc(Cl)c(OCC(N)=O)c(OC)c1)c1ccccc1C. The third-order valence-electron chi connectivity index (χ3n) is 4.36. The van der Waals surface area contributed by atoms with Gasteiger partial charge in [-0.15, -0.1) is 0 Å². The van der Waals surface area contributed by atoms with Crippen molar-refractivity contribution in [3.05, 3.63) is 52.5 Å². The molecule has 0 radical (unpaired) electrons. The van der Waals surface area contributed by atoms with Gasteiger partial charge in [0.05, 0.1) is 12.1 Å². The lowest BCUT2D eigenvalue weighted by molar-refractivity contribution is -0.119. The second kappa shape index (κ2) is 10.6. The van der Waals surface area contributed by atoms with E-state index in [-0.39, 0.29) is 29.0 Å². The van der Waals surface area contributed by atoms with Gasteiger partial charge in [0.1, 0.15) is 0 Å². The molecule has 0 aliphatic carbocycles. The number of likely N-dealkylation sites (N-methyl/N-ethyl adjacent to an activating group) is 1. The summed E-state index contributed by atoms with van der Waals surface area (Å²) in [5.74, 6) is -0.508. The zero-order chi connectivity index (χ0) is 21.4. The lowest BCUT2D eigenvalue weighted by atomic mass is 10.1. The lowest BCUT2D eigenvalue weighted by Gasteiger charge is -2.25. The number of methoxy groups -OCH3 is 1. The number of benzene rings is 2. The van der Waals surface area contributed by atoms with E-state index >= 15 is 0 Å². The molecule has 0 atom stereocenters. The van der Waals surface area contributed by atoms with E-state index in [1.54, 1.807) is 0 Å². The van der Waals surface area contributed by atoms with Crippen molar-refractivity contribution in [1.82, 2.24) is 5.32 Å². The molecule has 2 rings (SSSR count). The van der Waals surface area contributed by atoms with Crippen molar-refractivity contribution in [3.63, 3.8) is 0 Å². The molecule has 0 unspecified atom stereocenters. The van der Waals surface area contributed by atoms with Crippen LogP contribution in [0, 0.1) is 6.92 Å². The van der Waals surface area contributed by atoms with Gasteiger partial charge >= 0.3 is 0 Å². The molecule has 2 aromatic rings. The number of nitrogens with zero attached hydrogens (tertiary/aromatic N) is 1. The summed E-state index contributed by atoms with van der Waals surface area (Å²) in [6.07, 6.45) is 0. The minimum Gasteiger partial charge on any atom is -0.493 e. The van der Waals surface area contributed by atoms with Gasteiger partial charge in [-0.2, -0.15) is 0 Å². The van der Waals surface area contributed by atoms with Gasteiger partial charge in [0.15, 0.2) is 18.1 Å². The number of halogens is 1. The number of amides is 2. The van der Waals surface area contributed by atoms with Gasteiger partial charge in [-0.05, 0) is 37.6 Å². The third-order valence-corrected chi connectivity index (χ3v) is 4.64. The summed E-state index contributed by atoms with van der Waals surface area (Å²) in [6, 6.07) is 11.1. The Hall–Kier alpha value is -2.93. The van der Waals surface area contributed by atoms with Gasteiger partial charge in [0, 0.05) is 30.9 Å². The Bertz CT molecular complexity index is 873. The van der Waals surface area contributed by atoms with Crippen LogP contribution in [0.25, 0.3) is 0 Å². The number of primary amides is 1. The Morgan fingerprint density at radius 2 is 1.97 bits per heavy atom. The van der Waals surface area contributed by atoms with Gasteiger partial charge in [0.25, 0.3) is 11.8 Å². The molecule has 0 heterocycles. The number of aryl methyl sites for hydroxylation is 1. The summed E-state index contributed by atoms with van der Waals surface area (Å²) in [4.78, 5) is 25.7. The first kappa shape index (κ1) is 22.4. The molecule has 29 heavy (non-hydrogen) atoms. The Morgan fingerprint density at radius 3 is 2.59 bits per heavy atom. The molecule has 2 amide bonds. The van der Waals surface area contributed by atoms with Crippen LogP contribution in [-0.4, -0.2) is 45.2 Å². The molecular formula is C21H26ClN3O4. The third kappa shape index (κ3) is 6.02. The highest BCUT2D eigenvalue weighted by Crippen LogP contribution is 2.36. The predicted molar refractivity (Wildman–Crippen MR) is 114 cm³/mol. The molecule has 8 heteroatoms. The standard InChI is InChI=1S/C21H26ClN3O4/c1-4-25(17-8-6-5-7-14(17)2)10-9-24-21(27)15-11-16(22)20(18(12-15)28-3)29-13-19(23)26/h5-8,11-12H,4,9-10,13H2,1-3H3,(H2,23,26)(H,24,27). The predicted octanol–water partition coefficient (Wildman–Crippen LogP) is 2.78. The molecule has 0 spiro atoms. The highest BCUT2D eigenvalue weighted by atomic mass is 35.5. The van der Waals surface area contributed by atoms with Crippen molar-refractivity contribution >= 4 is 29.1 Å². The Kier molecular flexibility index (Phi) is 8.15. The average molecular weight is 420 g/mol. The van der Waals surface area contributed by atoms with Crippen LogP contribution >= 0.6 is 11.6 Å². The number of ether oxygens (including phenoxy) is 2. The number of nitrogens with two attached hydrogens (primary N) is 1. The van der Waals surface area contributed by atoms with E-state index in [0.29, 0.717) is 18.7 Å². The van der Waals surface area contributed by atoms with E-state index in [1.165, 1.54) is 24.8 Å².